The fourth-order valence-corrected chi connectivity index (χ4v) is 1.62. The summed E-state index contributed by atoms with van der Waals surface area (Å²) < 4.78 is 0. The van der Waals surface area contributed by atoms with E-state index < -0.39 is 5.91 Å². The first-order valence-corrected chi connectivity index (χ1v) is 5.90. The van der Waals surface area contributed by atoms with Crippen LogP contribution >= 0.6 is 0 Å². The molecule has 0 saturated carbocycles. The van der Waals surface area contributed by atoms with Gasteiger partial charge in [0.1, 0.15) is 5.84 Å². The first-order valence-electron chi connectivity index (χ1n) is 5.90. The lowest BCUT2D eigenvalue weighted by molar-refractivity contribution is -0.114. The summed E-state index contributed by atoms with van der Waals surface area (Å²) in [6.45, 7) is 0. The summed E-state index contributed by atoms with van der Waals surface area (Å²) in [5, 5.41) is 18.6. The number of hydrogen-bond donors (Lipinski definition) is 5. The number of nitrogens with zero attached hydrogens (tertiary/aromatic N) is 3. The van der Waals surface area contributed by atoms with E-state index in [0.717, 1.165) is 6.20 Å². The van der Waals surface area contributed by atoms with Crippen molar-refractivity contribution in [3.8, 4) is 5.69 Å². The average Bonchev–Trinajstić information content (AvgIpc) is 2.98. The van der Waals surface area contributed by atoms with Crippen LogP contribution in [0.3, 0.4) is 0 Å². The molecule has 21 heavy (non-hydrogen) atoms. The van der Waals surface area contributed by atoms with E-state index in [1.54, 1.807) is 36.7 Å². The van der Waals surface area contributed by atoms with Gasteiger partial charge in [-0.3, -0.25) is 16.0 Å². The van der Waals surface area contributed by atoms with Gasteiger partial charge in [0, 0.05) is 11.9 Å². The van der Waals surface area contributed by atoms with Crippen molar-refractivity contribution in [1.29, 1.82) is 5.41 Å². The van der Waals surface area contributed by atoms with Crippen molar-refractivity contribution < 1.29 is 4.79 Å². The van der Waals surface area contributed by atoms with Gasteiger partial charge in [-0.15, -0.1) is 0 Å². The van der Waals surface area contributed by atoms with Gasteiger partial charge >= 0.3 is 0 Å². The number of hydrogen-bond acceptors (Lipinski definition) is 6. The van der Waals surface area contributed by atoms with Gasteiger partial charge in [0.15, 0.2) is 0 Å². The highest BCUT2D eigenvalue weighted by molar-refractivity contribution is 6.23. The second kappa shape index (κ2) is 6.30. The summed E-state index contributed by atoms with van der Waals surface area (Å²) in [5.74, 6) is 4.17. The number of hydrazine groups is 1. The molecule has 0 spiro atoms. The minimum Gasteiger partial charge on any atom is -0.365 e. The monoisotopic (exact) mass is 286 g/mol. The smallest absolute Gasteiger partial charge is 0.253 e. The first-order chi connectivity index (χ1) is 10.1. The molecule has 9 heteroatoms. The van der Waals surface area contributed by atoms with Crippen molar-refractivity contribution in [1.82, 2.24) is 20.4 Å². The SMILES string of the molecule is N=C(Nc1cccc(-n2nccn2)c1)/C(=C\NN)C(N)=O. The second-order valence-corrected chi connectivity index (χ2v) is 3.96. The van der Waals surface area contributed by atoms with Crippen LogP contribution < -0.4 is 22.3 Å². The van der Waals surface area contributed by atoms with Gasteiger partial charge in [0.2, 0.25) is 0 Å². The maximum Gasteiger partial charge on any atom is 0.253 e. The first kappa shape index (κ1) is 14.2. The predicted molar refractivity (Wildman–Crippen MR) is 77.3 cm³/mol. The minimum atomic E-state index is -0.768. The van der Waals surface area contributed by atoms with Crippen molar-refractivity contribution in [3.05, 3.63) is 48.4 Å². The third-order valence-corrected chi connectivity index (χ3v) is 2.53. The largest absolute Gasteiger partial charge is 0.365 e. The second-order valence-electron chi connectivity index (χ2n) is 3.96. The van der Waals surface area contributed by atoms with Crippen LogP contribution in [0.15, 0.2) is 48.4 Å². The zero-order valence-corrected chi connectivity index (χ0v) is 10.9. The van der Waals surface area contributed by atoms with Crippen LogP contribution in [0.25, 0.3) is 5.69 Å². The van der Waals surface area contributed by atoms with Crippen LogP contribution in [0.5, 0.6) is 0 Å². The number of carbonyl (C=O) groups is 1. The normalized spacial score (nSPS) is 11.0. The van der Waals surface area contributed by atoms with Gasteiger partial charge in [-0.25, -0.2) is 0 Å². The van der Waals surface area contributed by atoms with E-state index in [-0.39, 0.29) is 11.4 Å². The molecule has 0 aliphatic rings. The topological polar surface area (TPSA) is 148 Å². The lowest BCUT2D eigenvalue weighted by atomic mass is 10.2. The molecule has 9 nitrogen and oxygen atoms in total. The summed E-state index contributed by atoms with van der Waals surface area (Å²) in [5.41, 5.74) is 8.58. The Kier molecular flexibility index (Phi) is 4.26. The molecule has 1 amide bonds. The molecule has 1 aromatic heterocycles. The Labute approximate surface area is 120 Å². The van der Waals surface area contributed by atoms with Gasteiger partial charge in [-0.2, -0.15) is 15.0 Å². The summed E-state index contributed by atoms with van der Waals surface area (Å²) in [4.78, 5) is 12.7. The fourth-order valence-electron chi connectivity index (χ4n) is 1.62. The Morgan fingerprint density at radius 2 is 2.05 bits per heavy atom. The van der Waals surface area contributed by atoms with Crippen molar-refractivity contribution >= 4 is 17.4 Å². The van der Waals surface area contributed by atoms with Crippen LogP contribution in [0.2, 0.25) is 0 Å². The van der Waals surface area contributed by atoms with Crippen molar-refractivity contribution in [3.63, 3.8) is 0 Å². The number of amidine groups is 1. The third-order valence-electron chi connectivity index (χ3n) is 2.53. The van der Waals surface area contributed by atoms with Gasteiger partial charge in [-0.1, -0.05) is 6.07 Å². The molecule has 0 saturated heterocycles. The summed E-state index contributed by atoms with van der Waals surface area (Å²) in [6, 6.07) is 7.03. The minimum absolute atomic E-state index is 0.0693. The number of anilines is 1. The predicted octanol–water partition coefficient (Wildman–Crippen LogP) is -0.511. The molecule has 0 aliphatic carbocycles. The molecule has 1 aromatic carbocycles. The van der Waals surface area contributed by atoms with Crippen LogP contribution in [0.4, 0.5) is 5.69 Å². The van der Waals surface area contributed by atoms with E-state index in [2.05, 4.69) is 20.9 Å². The Morgan fingerprint density at radius 1 is 1.33 bits per heavy atom. The van der Waals surface area contributed by atoms with Gasteiger partial charge in [0.05, 0.1) is 23.7 Å². The molecule has 2 rings (SSSR count). The molecule has 0 fully saturated rings. The van der Waals surface area contributed by atoms with E-state index in [9.17, 15) is 4.79 Å². The number of nitrogens with one attached hydrogen (secondary N) is 3. The van der Waals surface area contributed by atoms with Gasteiger partial charge < -0.3 is 16.5 Å². The Morgan fingerprint density at radius 3 is 2.67 bits per heavy atom. The lowest BCUT2D eigenvalue weighted by Gasteiger charge is -2.10. The molecule has 0 atom stereocenters. The maximum atomic E-state index is 11.2. The van der Waals surface area contributed by atoms with E-state index in [4.69, 9.17) is 17.0 Å². The summed E-state index contributed by atoms with van der Waals surface area (Å²) in [7, 11) is 0. The fraction of sp³-hybridized carbons (Fsp3) is 0. The number of aromatic nitrogens is 3. The van der Waals surface area contributed by atoms with Crippen LogP contribution in [-0.2, 0) is 4.79 Å². The molecular weight excluding hydrogens is 272 g/mol. The molecule has 0 aliphatic heterocycles. The maximum absolute atomic E-state index is 11.2. The Balaban J connectivity index is 2.20. The molecule has 2 aromatic rings. The zero-order valence-electron chi connectivity index (χ0n) is 10.9. The summed E-state index contributed by atoms with van der Waals surface area (Å²) in [6.07, 6.45) is 4.27. The van der Waals surface area contributed by atoms with Crippen molar-refractivity contribution in [2.45, 2.75) is 0 Å². The molecule has 1 heterocycles. The average molecular weight is 286 g/mol. The lowest BCUT2D eigenvalue weighted by Crippen LogP contribution is -2.28. The van der Waals surface area contributed by atoms with E-state index >= 15 is 0 Å². The number of primary amides is 1. The molecule has 108 valence electrons. The zero-order chi connectivity index (χ0) is 15.2. The number of amides is 1. The number of rotatable bonds is 5. The van der Waals surface area contributed by atoms with E-state index in [1.807, 2.05) is 0 Å². The highest BCUT2D eigenvalue weighted by Gasteiger charge is 2.12. The van der Waals surface area contributed by atoms with Crippen LogP contribution in [-0.4, -0.2) is 26.7 Å². The molecule has 7 N–H and O–H groups in total. The van der Waals surface area contributed by atoms with Crippen molar-refractivity contribution in [2.75, 3.05) is 5.32 Å². The molecule has 0 unspecified atom stereocenters. The van der Waals surface area contributed by atoms with Crippen LogP contribution in [0, 0.1) is 5.41 Å². The molecule has 0 radical (unpaired) electrons. The number of carbonyl (C=O) groups excluding carboxylic acids is 1. The van der Waals surface area contributed by atoms with E-state index in [0.29, 0.717) is 11.4 Å². The quantitative estimate of drug-likeness (QED) is 0.164. The van der Waals surface area contributed by atoms with Crippen LogP contribution in [0.1, 0.15) is 0 Å². The van der Waals surface area contributed by atoms with E-state index in [1.165, 1.54) is 4.80 Å². The van der Waals surface area contributed by atoms with Gasteiger partial charge in [0.25, 0.3) is 5.91 Å². The Hall–Kier alpha value is -3.20. The molecule has 0 bridgehead atoms. The van der Waals surface area contributed by atoms with Crippen molar-refractivity contribution in [2.24, 2.45) is 11.6 Å². The number of benzene rings is 1. The number of nitrogens with two attached hydrogens (primary N) is 2. The summed E-state index contributed by atoms with van der Waals surface area (Å²) >= 11 is 0. The highest BCUT2D eigenvalue weighted by Crippen LogP contribution is 2.14. The third kappa shape index (κ3) is 3.42. The Bertz CT molecular complexity index is 676. The standard InChI is InChI=1S/C12H14N8O/c13-11(10(7-16-15)12(14)21)19-8-2-1-3-9(6-8)20-17-4-5-18-20/h1-7,16H,15H2,(H2,13,19)(H2,14,21)/b10-7+. The highest BCUT2D eigenvalue weighted by atomic mass is 16.1. The molecular formula is C12H14N8O. The van der Waals surface area contributed by atoms with Gasteiger partial charge in [-0.05, 0) is 18.2 Å².